The maximum atomic E-state index is 12.6. The average molecular weight is 217 g/mol. The smallest absolute Gasteiger partial charge is 0.234 e. The largest absolute Gasteiger partial charge is 0.368 e. The highest BCUT2D eigenvalue weighted by molar-refractivity contribution is 6.31. The molecule has 0 saturated heterocycles. The van der Waals surface area contributed by atoms with E-state index in [1.165, 1.54) is 18.2 Å². The molecule has 4 N–H and O–H groups in total. The van der Waals surface area contributed by atoms with Crippen LogP contribution >= 0.6 is 11.6 Å². The summed E-state index contributed by atoms with van der Waals surface area (Å²) in [7, 11) is 0. The predicted molar refractivity (Wildman–Crippen MR) is 52.3 cm³/mol. The van der Waals surface area contributed by atoms with Crippen LogP contribution in [0.15, 0.2) is 18.2 Å². The molecule has 76 valence electrons. The van der Waals surface area contributed by atoms with Gasteiger partial charge in [0.05, 0.1) is 6.04 Å². The number of halogens is 2. The number of hydrogen-bond acceptors (Lipinski definition) is 2. The monoisotopic (exact) mass is 216 g/mol. The predicted octanol–water partition coefficient (Wildman–Crippen LogP) is 0.834. The van der Waals surface area contributed by atoms with E-state index in [1.807, 2.05) is 0 Å². The SMILES string of the molecule is NC(=O)C(N)Cc1ccc(F)cc1Cl. The van der Waals surface area contributed by atoms with Gasteiger partial charge in [-0.1, -0.05) is 17.7 Å². The third kappa shape index (κ3) is 2.68. The molecule has 14 heavy (non-hydrogen) atoms. The summed E-state index contributed by atoms with van der Waals surface area (Å²) in [6.45, 7) is 0. The molecule has 0 aliphatic heterocycles. The standard InChI is InChI=1S/C9H10ClFN2O/c10-7-4-6(11)2-1-5(7)3-8(12)9(13)14/h1-2,4,8H,3,12H2,(H2,13,14). The molecular weight excluding hydrogens is 207 g/mol. The molecule has 0 aromatic heterocycles. The zero-order chi connectivity index (χ0) is 10.7. The Bertz CT molecular complexity index is 357. The van der Waals surface area contributed by atoms with Crippen LogP contribution in [0.4, 0.5) is 4.39 Å². The number of benzene rings is 1. The van der Waals surface area contributed by atoms with Crippen LogP contribution < -0.4 is 11.5 Å². The lowest BCUT2D eigenvalue weighted by Crippen LogP contribution is -2.38. The molecule has 1 amide bonds. The van der Waals surface area contributed by atoms with Crippen LogP contribution in [-0.4, -0.2) is 11.9 Å². The Kier molecular flexibility index (Phi) is 3.43. The molecule has 1 aromatic carbocycles. The van der Waals surface area contributed by atoms with Gasteiger partial charge < -0.3 is 11.5 Å². The number of carbonyl (C=O) groups is 1. The molecule has 0 bridgehead atoms. The maximum Gasteiger partial charge on any atom is 0.234 e. The molecule has 0 fully saturated rings. The van der Waals surface area contributed by atoms with Crippen molar-refractivity contribution in [3.63, 3.8) is 0 Å². The molecule has 1 rings (SSSR count). The van der Waals surface area contributed by atoms with Gasteiger partial charge >= 0.3 is 0 Å². The van der Waals surface area contributed by atoms with E-state index in [0.29, 0.717) is 5.56 Å². The summed E-state index contributed by atoms with van der Waals surface area (Å²) in [4.78, 5) is 10.7. The fraction of sp³-hybridized carbons (Fsp3) is 0.222. The number of hydrogen-bond donors (Lipinski definition) is 2. The molecule has 0 heterocycles. The van der Waals surface area contributed by atoms with Crippen molar-refractivity contribution < 1.29 is 9.18 Å². The molecular formula is C9H10ClFN2O. The third-order valence-corrected chi connectivity index (χ3v) is 2.17. The summed E-state index contributed by atoms with van der Waals surface area (Å²) in [5, 5.41) is 0.252. The van der Waals surface area contributed by atoms with Crippen LogP contribution in [0, 0.1) is 5.82 Å². The highest BCUT2D eigenvalue weighted by atomic mass is 35.5. The van der Waals surface area contributed by atoms with E-state index in [2.05, 4.69) is 0 Å². The van der Waals surface area contributed by atoms with Gasteiger partial charge in [0.1, 0.15) is 5.82 Å². The molecule has 1 aromatic rings. The fourth-order valence-corrected chi connectivity index (χ4v) is 1.27. The topological polar surface area (TPSA) is 69.1 Å². The molecule has 3 nitrogen and oxygen atoms in total. The number of nitrogens with two attached hydrogens (primary N) is 2. The summed E-state index contributed by atoms with van der Waals surface area (Å²) in [5.41, 5.74) is 11.0. The van der Waals surface area contributed by atoms with Crippen LogP contribution in [-0.2, 0) is 11.2 Å². The summed E-state index contributed by atoms with van der Waals surface area (Å²) < 4.78 is 12.6. The van der Waals surface area contributed by atoms with Crippen molar-refractivity contribution >= 4 is 17.5 Å². The normalized spacial score (nSPS) is 12.5. The number of amides is 1. The highest BCUT2D eigenvalue weighted by Crippen LogP contribution is 2.18. The maximum absolute atomic E-state index is 12.6. The first-order valence-corrected chi connectivity index (χ1v) is 4.37. The van der Waals surface area contributed by atoms with E-state index < -0.39 is 17.8 Å². The minimum absolute atomic E-state index is 0.217. The third-order valence-electron chi connectivity index (χ3n) is 1.82. The van der Waals surface area contributed by atoms with E-state index in [4.69, 9.17) is 23.1 Å². The van der Waals surface area contributed by atoms with Crippen molar-refractivity contribution in [1.82, 2.24) is 0 Å². The van der Waals surface area contributed by atoms with E-state index in [-0.39, 0.29) is 11.4 Å². The number of primary amides is 1. The van der Waals surface area contributed by atoms with E-state index in [0.717, 1.165) is 0 Å². The molecule has 0 aliphatic carbocycles. The zero-order valence-electron chi connectivity index (χ0n) is 7.34. The van der Waals surface area contributed by atoms with Gasteiger partial charge in [-0.25, -0.2) is 4.39 Å². The Labute approximate surface area is 85.8 Å². The van der Waals surface area contributed by atoms with Gasteiger partial charge in [-0.3, -0.25) is 4.79 Å². The lowest BCUT2D eigenvalue weighted by molar-refractivity contribution is -0.119. The Hall–Kier alpha value is -1.13. The van der Waals surface area contributed by atoms with Gasteiger partial charge in [-0.2, -0.15) is 0 Å². The van der Waals surface area contributed by atoms with Crippen LogP contribution in [0.5, 0.6) is 0 Å². The van der Waals surface area contributed by atoms with Crippen LogP contribution in [0.3, 0.4) is 0 Å². The average Bonchev–Trinajstić information content (AvgIpc) is 2.09. The number of carbonyl (C=O) groups excluding carboxylic acids is 1. The molecule has 0 saturated carbocycles. The van der Waals surface area contributed by atoms with Crippen molar-refractivity contribution in [2.75, 3.05) is 0 Å². The molecule has 0 aliphatic rings. The fourth-order valence-electron chi connectivity index (χ4n) is 1.02. The van der Waals surface area contributed by atoms with Crippen molar-refractivity contribution in [2.24, 2.45) is 11.5 Å². The van der Waals surface area contributed by atoms with Crippen molar-refractivity contribution in [1.29, 1.82) is 0 Å². The summed E-state index contributed by atoms with van der Waals surface area (Å²) in [6.07, 6.45) is 0.217. The van der Waals surface area contributed by atoms with E-state index in [1.54, 1.807) is 0 Å². The van der Waals surface area contributed by atoms with Crippen LogP contribution in [0.2, 0.25) is 5.02 Å². The highest BCUT2D eigenvalue weighted by Gasteiger charge is 2.12. The van der Waals surface area contributed by atoms with Crippen LogP contribution in [0.25, 0.3) is 0 Å². The van der Waals surface area contributed by atoms with Crippen LogP contribution in [0.1, 0.15) is 5.56 Å². The zero-order valence-corrected chi connectivity index (χ0v) is 8.09. The molecule has 5 heteroatoms. The first-order valence-electron chi connectivity index (χ1n) is 3.99. The Morgan fingerprint density at radius 3 is 2.71 bits per heavy atom. The second-order valence-corrected chi connectivity index (χ2v) is 3.36. The minimum Gasteiger partial charge on any atom is -0.368 e. The van der Waals surface area contributed by atoms with Crippen molar-refractivity contribution in [3.8, 4) is 0 Å². The van der Waals surface area contributed by atoms with Gasteiger partial charge in [0.2, 0.25) is 5.91 Å². The Morgan fingerprint density at radius 2 is 2.21 bits per heavy atom. The summed E-state index contributed by atoms with van der Waals surface area (Å²) >= 11 is 5.73. The number of rotatable bonds is 3. The first-order chi connectivity index (χ1) is 6.50. The Balaban J connectivity index is 2.82. The Morgan fingerprint density at radius 1 is 1.57 bits per heavy atom. The van der Waals surface area contributed by atoms with E-state index >= 15 is 0 Å². The molecule has 0 spiro atoms. The van der Waals surface area contributed by atoms with E-state index in [9.17, 15) is 9.18 Å². The van der Waals surface area contributed by atoms with Crippen molar-refractivity contribution in [2.45, 2.75) is 12.5 Å². The first kappa shape index (κ1) is 10.9. The van der Waals surface area contributed by atoms with Crippen molar-refractivity contribution in [3.05, 3.63) is 34.6 Å². The second kappa shape index (κ2) is 4.39. The lowest BCUT2D eigenvalue weighted by Gasteiger charge is -2.08. The van der Waals surface area contributed by atoms with Gasteiger partial charge in [0.25, 0.3) is 0 Å². The van der Waals surface area contributed by atoms with Gasteiger partial charge in [-0.15, -0.1) is 0 Å². The van der Waals surface area contributed by atoms with Gasteiger partial charge in [0, 0.05) is 5.02 Å². The minimum atomic E-state index is -0.794. The summed E-state index contributed by atoms with van der Waals surface area (Å²) in [5.74, 6) is -1.03. The molecule has 1 unspecified atom stereocenters. The second-order valence-electron chi connectivity index (χ2n) is 2.95. The summed E-state index contributed by atoms with van der Waals surface area (Å²) in [6, 6.07) is 3.12. The molecule has 1 atom stereocenters. The quantitative estimate of drug-likeness (QED) is 0.786. The van der Waals surface area contributed by atoms with Gasteiger partial charge in [-0.05, 0) is 24.1 Å². The molecule has 0 radical (unpaired) electrons. The van der Waals surface area contributed by atoms with Gasteiger partial charge in [0.15, 0.2) is 0 Å². The lowest BCUT2D eigenvalue weighted by atomic mass is 10.1.